The summed E-state index contributed by atoms with van der Waals surface area (Å²) < 4.78 is 55.4. The molecule has 0 amide bonds. The van der Waals surface area contributed by atoms with Gasteiger partial charge in [-0.05, 0) is 67.7 Å². The van der Waals surface area contributed by atoms with Gasteiger partial charge < -0.3 is 19.0 Å². The molecular weight excluding hydrogens is 475 g/mol. The highest BCUT2D eigenvalue weighted by atomic mass is 19.4. The van der Waals surface area contributed by atoms with E-state index >= 15 is 0 Å². The summed E-state index contributed by atoms with van der Waals surface area (Å²) in [5, 5.41) is 3.89. The zero-order chi connectivity index (χ0) is 26.3. The Hall–Kier alpha value is -3.75. The maximum atomic E-state index is 12.9. The lowest BCUT2D eigenvalue weighted by Gasteiger charge is -2.23. The Kier molecular flexibility index (Phi) is 8.79. The summed E-state index contributed by atoms with van der Waals surface area (Å²) in [7, 11) is 2.65. The van der Waals surface area contributed by atoms with Gasteiger partial charge in [-0.25, -0.2) is 4.79 Å². The molecule has 2 aromatic rings. The average Bonchev–Trinajstić information content (AvgIpc) is 2.86. The molecule has 9 heteroatoms. The molecule has 0 bridgehead atoms. The lowest BCUT2D eigenvalue weighted by Crippen LogP contribution is -2.24. The van der Waals surface area contributed by atoms with Crippen molar-refractivity contribution < 1.29 is 37.0 Å². The van der Waals surface area contributed by atoms with Gasteiger partial charge in [0.1, 0.15) is 31.8 Å². The maximum Gasteiger partial charge on any atom is 0.416 e. The van der Waals surface area contributed by atoms with E-state index in [1.165, 1.54) is 25.9 Å². The van der Waals surface area contributed by atoms with E-state index in [4.69, 9.17) is 19.0 Å². The Balaban J connectivity index is 1.74. The molecule has 2 aromatic carbocycles. The number of ether oxygens (including phenoxy) is 3. The standard InChI is InChI=1S/C27H28F3NO5/c1-17-11-20(24(12-18(17)2)25(31-34-4)26(32)33-3)16-36-23-10-6-9-22(14-23)35-15-19-7-5-8-21(13-19)27(28,29)30/h5-10,13-14H,11-12,15-16H2,1-4H3. The van der Waals surface area contributed by atoms with Crippen LogP contribution in [0, 0.1) is 0 Å². The van der Waals surface area contributed by atoms with Crippen molar-refractivity contribution in [2.45, 2.75) is 39.5 Å². The van der Waals surface area contributed by atoms with Gasteiger partial charge in [0.2, 0.25) is 0 Å². The van der Waals surface area contributed by atoms with Crippen LogP contribution in [0.15, 0.2) is 76.0 Å². The monoisotopic (exact) mass is 503 g/mol. The van der Waals surface area contributed by atoms with E-state index in [1.807, 2.05) is 13.8 Å². The van der Waals surface area contributed by atoms with Gasteiger partial charge in [0, 0.05) is 6.07 Å². The molecule has 0 saturated carbocycles. The van der Waals surface area contributed by atoms with Crippen molar-refractivity contribution in [3.63, 3.8) is 0 Å². The quantitative estimate of drug-likeness (QED) is 0.175. The van der Waals surface area contributed by atoms with Crippen molar-refractivity contribution >= 4 is 11.7 Å². The summed E-state index contributed by atoms with van der Waals surface area (Å²) in [4.78, 5) is 17.2. The third-order valence-electron chi connectivity index (χ3n) is 5.80. The smallest absolute Gasteiger partial charge is 0.416 e. The number of nitrogens with zero attached hydrogens (tertiary/aromatic N) is 1. The number of halogens is 3. The molecule has 0 fully saturated rings. The fraction of sp³-hybridized carbons (Fsp3) is 0.333. The number of carbonyl (C=O) groups excluding carboxylic acids is 1. The molecule has 3 rings (SSSR count). The van der Waals surface area contributed by atoms with Crippen molar-refractivity contribution in [1.82, 2.24) is 0 Å². The minimum atomic E-state index is -4.41. The van der Waals surface area contributed by atoms with Gasteiger partial charge in [-0.3, -0.25) is 0 Å². The van der Waals surface area contributed by atoms with Gasteiger partial charge in [-0.2, -0.15) is 13.2 Å². The van der Waals surface area contributed by atoms with Crippen molar-refractivity contribution in [3.05, 3.63) is 82.0 Å². The number of hydrogen-bond acceptors (Lipinski definition) is 6. The van der Waals surface area contributed by atoms with E-state index in [0.717, 1.165) is 23.3 Å². The van der Waals surface area contributed by atoms with E-state index in [1.54, 1.807) is 30.3 Å². The molecule has 0 heterocycles. The predicted molar refractivity (Wildman–Crippen MR) is 129 cm³/mol. The number of oxime groups is 1. The first-order valence-corrected chi connectivity index (χ1v) is 11.2. The molecule has 0 aromatic heterocycles. The van der Waals surface area contributed by atoms with Gasteiger partial charge in [0.05, 0.1) is 12.7 Å². The fourth-order valence-electron chi connectivity index (χ4n) is 3.74. The van der Waals surface area contributed by atoms with Crippen LogP contribution in [0.5, 0.6) is 11.5 Å². The third-order valence-corrected chi connectivity index (χ3v) is 5.80. The minimum Gasteiger partial charge on any atom is -0.489 e. The lowest BCUT2D eigenvalue weighted by atomic mass is 9.85. The summed E-state index contributed by atoms with van der Waals surface area (Å²) >= 11 is 0. The van der Waals surface area contributed by atoms with E-state index < -0.39 is 17.7 Å². The van der Waals surface area contributed by atoms with Crippen LogP contribution < -0.4 is 9.47 Å². The molecule has 0 aliphatic heterocycles. The summed E-state index contributed by atoms with van der Waals surface area (Å²) in [6, 6.07) is 11.9. The first-order valence-electron chi connectivity index (χ1n) is 11.2. The SMILES string of the molecule is CON=C(C(=O)OC)C1=C(COc2cccc(OCc3cccc(C(F)(F)F)c3)c2)CC(C)=C(C)C1. The molecule has 0 atom stereocenters. The first kappa shape index (κ1) is 26.8. The number of carbonyl (C=O) groups is 1. The van der Waals surface area contributed by atoms with E-state index in [9.17, 15) is 18.0 Å². The lowest BCUT2D eigenvalue weighted by molar-refractivity contribution is -0.137. The second-order valence-electron chi connectivity index (χ2n) is 8.36. The second-order valence-corrected chi connectivity index (χ2v) is 8.36. The number of hydrogen-bond donors (Lipinski definition) is 0. The molecule has 1 aliphatic rings. The normalized spacial score (nSPS) is 14.6. The van der Waals surface area contributed by atoms with Crippen LogP contribution >= 0.6 is 0 Å². The number of alkyl halides is 3. The summed E-state index contributed by atoms with van der Waals surface area (Å²) in [5.74, 6) is 0.364. The van der Waals surface area contributed by atoms with Crippen LogP contribution in [0.1, 0.15) is 37.8 Å². The Morgan fingerprint density at radius 2 is 1.56 bits per heavy atom. The highest BCUT2D eigenvalue weighted by Gasteiger charge is 2.30. The topological polar surface area (TPSA) is 66.4 Å². The fourth-order valence-corrected chi connectivity index (χ4v) is 3.74. The molecule has 36 heavy (non-hydrogen) atoms. The largest absolute Gasteiger partial charge is 0.489 e. The number of allylic oxidation sites excluding steroid dienone is 2. The Morgan fingerprint density at radius 1 is 0.917 bits per heavy atom. The van der Waals surface area contributed by atoms with Crippen molar-refractivity contribution in [2.24, 2.45) is 5.16 Å². The van der Waals surface area contributed by atoms with E-state index in [0.29, 0.717) is 35.5 Å². The maximum absolute atomic E-state index is 12.9. The Bertz CT molecular complexity index is 1200. The van der Waals surface area contributed by atoms with Crippen LogP contribution in [0.2, 0.25) is 0 Å². The van der Waals surface area contributed by atoms with Crippen molar-refractivity contribution in [2.75, 3.05) is 20.8 Å². The molecule has 0 saturated heterocycles. The molecular formula is C27H28F3NO5. The highest BCUT2D eigenvalue weighted by molar-refractivity contribution is 6.43. The van der Waals surface area contributed by atoms with Crippen LogP contribution in [0.4, 0.5) is 13.2 Å². The first-order chi connectivity index (χ1) is 17.1. The van der Waals surface area contributed by atoms with Gasteiger partial charge in [-0.15, -0.1) is 0 Å². The van der Waals surface area contributed by atoms with Gasteiger partial charge in [0.25, 0.3) is 0 Å². The van der Waals surface area contributed by atoms with Crippen LogP contribution in [0.3, 0.4) is 0 Å². The Morgan fingerprint density at radius 3 is 2.19 bits per heavy atom. The molecule has 6 nitrogen and oxygen atoms in total. The second kappa shape index (κ2) is 11.8. The number of benzene rings is 2. The van der Waals surface area contributed by atoms with Crippen LogP contribution in [-0.2, 0) is 27.2 Å². The highest BCUT2D eigenvalue weighted by Crippen LogP contribution is 2.32. The summed E-state index contributed by atoms with van der Waals surface area (Å²) in [6.07, 6.45) is -3.29. The van der Waals surface area contributed by atoms with Crippen molar-refractivity contribution in [3.8, 4) is 11.5 Å². The minimum absolute atomic E-state index is 0.0259. The van der Waals surface area contributed by atoms with E-state index in [2.05, 4.69) is 5.16 Å². The number of esters is 1. The van der Waals surface area contributed by atoms with Gasteiger partial charge in [0.15, 0.2) is 5.71 Å². The number of methoxy groups -OCH3 is 1. The van der Waals surface area contributed by atoms with Crippen LogP contribution in [-0.4, -0.2) is 32.5 Å². The zero-order valence-corrected chi connectivity index (χ0v) is 20.6. The molecule has 0 radical (unpaired) electrons. The summed E-state index contributed by atoms with van der Waals surface area (Å²) in [6.45, 7) is 4.19. The third kappa shape index (κ3) is 6.90. The zero-order valence-electron chi connectivity index (χ0n) is 20.6. The number of rotatable bonds is 9. The predicted octanol–water partition coefficient (Wildman–Crippen LogP) is 6.27. The average molecular weight is 504 g/mol. The van der Waals surface area contributed by atoms with Crippen molar-refractivity contribution in [1.29, 1.82) is 0 Å². The molecule has 0 spiro atoms. The molecule has 0 N–H and O–H groups in total. The van der Waals surface area contributed by atoms with Gasteiger partial charge in [-0.1, -0.05) is 34.5 Å². The van der Waals surface area contributed by atoms with Crippen LogP contribution in [0.25, 0.3) is 0 Å². The van der Waals surface area contributed by atoms with E-state index in [-0.39, 0.29) is 18.9 Å². The molecule has 0 unspecified atom stereocenters. The van der Waals surface area contributed by atoms with Gasteiger partial charge >= 0.3 is 12.1 Å². The summed E-state index contributed by atoms with van der Waals surface area (Å²) in [5.41, 5.74) is 3.66. The Labute approximate surface area is 208 Å². The molecule has 1 aliphatic carbocycles. The molecule has 192 valence electrons.